The Morgan fingerprint density at radius 1 is 1.50 bits per heavy atom. The SMILES string of the molecule is N#Cn1cnc2cc(F)ccc21. The van der Waals surface area contributed by atoms with E-state index in [4.69, 9.17) is 5.26 Å². The van der Waals surface area contributed by atoms with Crippen LogP contribution in [-0.2, 0) is 0 Å². The minimum Gasteiger partial charge on any atom is -0.235 e. The number of imidazole rings is 1. The predicted molar refractivity (Wildman–Crippen MR) is 40.7 cm³/mol. The van der Waals surface area contributed by atoms with Crippen LogP contribution in [0.5, 0.6) is 0 Å². The highest BCUT2D eigenvalue weighted by Crippen LogP contribution is 2.12. The zero-order chi connectivity index (χ0) is 8.55. The first kappa shape index (κ1) is 6.80. The summed E-state index contributed by atoms with van der Waals surface area (Å²) in [5, 5.41) is 8.57. The van der Waals surface area contributed by atoms with E-state index in [9.17, 15) is 4.39 Å². The van der Waals surface area contributed by atoms with Crippen molar-refractivity contribution in [2.45, 2.75) is 0 Å². The molecule has 0 saturated carbocycles. The zero-order valence-corrected chi connectivity index (χ0v) is 6.03. The van der Waals surface area contributed by atoms with Gasteiger partial charge < -0.3 is 0 Å². The van der Waals surface area contributed by atoms with Crippen molar-refractivity contribution in [1.29, 1.82) is 5.26 Å². The summed E-state index contributed by atoms with van der Waals surface area (Å²) in [4.78, 5) is 3.85. The Labute approximate surface area is 67.7 Å². The van der Waals surface area contributed by atoms with E-state index in [0.29, 0.717) is 11.0 Å². The summed E-state index contributed by atoms with van der Waals surface area (Å²) in [5.41, 5.74) is 1.12. The minimum absolute atomic E-state index is 0.342. The summed E-state index contributed by atoms with van der Waals surface area (Å²) in [7, 11) is 0. The molecule has 0 fully saturated rings. The fraction of sp³-hybridized carbons (Fsp3) is 0. The first-order valence-electron chi connectivity index (χ1n) is 3.34. The molecular formula is C8H4FN3. The Morgan fingerprint density at radius 2 is 2.33 bits per heavy atom. The molecule has 12 heavy (non-hydrogen) atoms. The summed E-state index contributed by atoms with van der Waals surface area (Å²) in [6.07, 6.45) is 3.27. The van der Waals surface area contributed by atoms with Crippen LogP contribution in [-0.4, -0.2) is 9.55 Å². The van der Waals surface area contributed by atoms with Crippen molar-refractivity contribution in [2.75, 3.05) is 0 Å². The number of nitrogens with zero attached hydrogens (tertiary/aromatic N) is 3. The number of hydrogen-bond donors (Lipinski definition) is 0. The average molecular weight is 161 g/mol. The van der Waals surface area contributed by atoms with Gasteiger partial charge in [-0.2, -0.15) is 5.26 Å². The van der Waals surface area contributed by atoms with Crippen LogP contribution in [0.3, 0.4) is 0 Å². The number of fused-ring (bicyclic) bond motifs is 1. The molecule has 0 saturated heterocycles. The summed E-state index contributed by atoms with van der Waals surface area (Å²) >= 11 is 0. The smallest absolute Gasteiger partial charge is 0.190 e. The number of halogens is 1. The molecule has 1 aromatic heterocycles. The second-order valence-electron chi connectivity index (χ2n) is 2.35. The summed E-state index contributed by atoms with van der Waals surface area (Å²) < 4.78 is 13.9. The highest BCUT2D eigenvalue weighted by atomic mass is 19.1. The lowest BCUT2D eigenvalue weighted by molar-refractivity contribution is 0.629. The molecule has 0 aliphatic carbocycles. The molecule has 2 aromatic rings. The van der Waals surface area contributed by atoms with Crippen molar-refractivity contribution in [2.24, 2.45) is 0 Å². The third-order valence-electron chi connectivity index (χ3n) is 1.62. The topological polar surface area (TPSA) is 41.6 Å². The molecule has 2 rings (SSSR count). The van der Waals surface area contributed by atoms with E-state index < -0.39 is 0 Å². The van der Waals surface area contributed by atoms with Crippen LogP contribution in [0.1, 0.15) is 0 Å². The molecule has 0 unspecified atom stereocenters. The van der Waals surface area contributed by atoms with Crippen LogP contribution in [0, 0.1) is 17.3 Å². The van der Waals surface area contributed by atoms with Crippen molar-refractivity contribution in [1.82, 2.24) is 9.55 Å². The second-order valence-corrected chi connectivity index (χ2v) is 2.35. The third kappa shape index (κ3) is 0.839. The largest absolute Gasteiger partial charge is 0.235 e. The Balaban J connectivity index is 2.84. The van der Waals surface area contributed by atoms with Gasteiger partial charge in [0.2, 0.25) is 0 Å². The average Bonchev–Trinajstić information content (AvgIpc) is 2.46. The third-order valence-corrected chi connectivity index (χ3v) is 1.62. The van der Waals surface area contributed by atoms with Gasteiger partial charge in [0, 0.05) is 6.07 Å². The van der Waals surface area contributed by atoms with Crippen molar-refractivity contribution < 1.29 is 4.39 Å². The minimum atomic E-state index is -0.342. The van der Waals surface area contributed by atoms with Crippen molar-refractivity contribution in [3.63, 3.8) is 0 Å². The van der Waals surface area contributed by atoms with Gasteiger partial charge in [0.05, 0.1) is 11.0 Å². The molecule has 0 spiro atoms. The Morgan fingerprint density at radius 3 is 3.08 bits per heavy atom. The lowest BCUT2D eigenvalue weighted by Crippen LogP contribution is -1.83. The van der Waals surface area contributed by atoms with Crippen LogP contribution in [0.25, 0.3) is 11.0 Å². The van der Waals surface area contributed by atoms with Gasteiger partial charge in [-0.3, -0.25) is 0 Å². The van der Waals surface area contributed by atoms with Gasteiger partial charge in [-0.1, -0.05) is 0 Å². The fourth-order valence-corrected chi connectivity index (χ4v) is 1.07. The second kappa shape index (κ2) is 2.31. The van der Waals surface area contributed by atoms with Gasteiger partial charge in [0.15, 0.2) is 6.19 Å². The molecule has 3 nitrogen and oxygen atoms in total. The van der Waals surface area contributed by atoms with E-state index in [0.717, 1.165) is 0 Å². The highest BCUT2D eigenvalue weighted by molar-refractivity contribution is 5.75. The summed E-state index contributed by atoms with van der Waals surface area (Å²) in [6.45, 7) is 0. The summed E-state index contributed by atoms with van der Waals surface area (Å²) in [6, 6.07) is 4.13. The highest BCUT2D eigenvalue weighted by Gasteiger charge is 2.01. The van der Waals surface area contributed by atoms with Gasteiger partial charge in [-0.05, 0) is 12.1 Å². The molecule has 0 bridgehead atoms. The molecule has 0 N–H and O–H groups in total. The molecule has 1 aromatic carbocycles. The van der Waals surface area contributed by atoms with Crippen molar-refractivity contribution in [3.8, 4) is 6.19 Å². The van der Waals surface area contributed by atoms with Crippen LogP contribution in [0.2, 0.25) is 0 Å². The molecule has 0 aliphatic rings. The molecule has 0 aliphatic heterocycles. The monoisotopic (exact) mass is 161 g/mol. The normalized spacial score (nSPS) is 10.0. The number of hydrogen-bond acceptors (Lipinski definition) is 2. The number of benzene rings is 1. The first-order chi connectivity index (χ1) is 5.81. The Hall–Kier alpha value is -1.89. The molecule has 4 heteroatoms. The predicted octanol–water partition coefficient (Wildman–Crippen LogP) is 1.50. The summed E-state index contributed by atoms with van der Waals surface area (Å²) in [5.74, 6) is -0.342. The maximum atomic E-state index is 12.6. The van der Waals surface area contributed by atoms with Gasteiger partial charge in [-0.15, -0.1) is 0 Å². The molecule has 0 atom stereocenters. The molecule has 58 valence electrons. The molecule has 0 radical (unpaired) electrons. The zero-order valence-electron chi connectivity index (χ0n) is 6.03. The Bertz CT molecular complexity index is 467. The standard InChI is InChI=1S/C8H4FN3/c9-6-1-2-8-7(3-6)11-5-12(8)4-10/h1-3,5H. The molecule has 1 heterocycles. The number of aromatic nitrogens is 2. The van der Waals surface area contributed by atoms with Gasteiger partial charge in [0.25, 0.3) is 0 Å². The lowest BCUT2D eigenvalue weighted by atomic mass is 10.3. The van der Waals surface area contributed by atoms with Gasteiger partial charge >= 0.3 is 0 Å². The van der Waals surface area contributed by atoms with E-state index in [2.05, 4.69) is 4.98 Å². The van der Waals surface area contributed by atoms with E-state index in [1.165, 1.54) is 29.1 Å². The molecular weight excluding hydrogens is 157 g/mol. The first-order valence-corrected chi connectivity index (χ1v) is 3.34. The van der Waals surface area contributed by atoms with Crippen LogP contribution in [0.15, 0.2) is 24.5 Å². The van der Waals surface area contributed by atoms with Crippen LogP contribution >= 0.6 is 0 Å². The quantitative estimate of drug-likeness (QED) is 0.587. The van der Waals surface area contributed by atoms with Gasteiger partial charge in [0.1, 0.15) is 12.1 Å². The fourth-order valence-electron chi connectivity index (χ4n) is 1.07. The molecule has 0 amide bonds. The maximum absolute atomic E-state index is 12.6. The lowest BCUT2D eigenvalue weighted by Gasteiger charge is -1.89. The van der Waals surface area contributed by atoms with Crippen LogP contribution < -0.4 is 0 Å². The van der Waals surface area contributed by atoms with Crippen molar-refractivity contribution >= 4 is 11.0 Å². The number of nitriles is 1. The maximum Gasteiger partial charge on any atom is 0.190 e. The van der Waals surface area contributed by atoms with Crippen LogP contribution in [0.4, 0.5) is 4.39 Å². The van der Waals surface area contributed by atoms with Crippen molar-refractivity contribution in [3.05, 3.63) is 30.3 Å². The van der Waals surface area contributed by atoms with E-state index in [1.54, 1.807) is 0 Å². The van der Waals surface area contributed by atoms with Gasteiger partial charge in [-0.25, -0.2) is 13.9 Å². The van der Waals surface area contributed by atoms with E-state index in [-0.39, 0.29) is 5.82 Å². The van der Waals surface area contributed by atoms with E-state index in [1.807, 2.05) is 6.19 Å². The van der Waals surface area contributed by atoms with E-state index >= 15 is 0 Å². The number of rotatable bonds is 0. The Kier molecular flexibility index (Phi) is 1.31.